The van der Waals surface area contributed by atoms with Crippen molar-refractivity contribution in [3.8, 4) is 11.1 Å². The van der Waals surface area contributed by atoms with Gasteiger partial charge in [0.1, 0.15) is 13.2 Å². The molecule has 0 atom stereocenters. The van der Waals surface area contributed by atoms with E-state index >= 15 is 0 Å². The molecule has 118 valence electrons. The molecule has 0 unspecified atom stereocenters. The second-order valence-corrected chi connectivity index (χ2v) is 4.82. The number of hydrogen-bond acceptors (Lipinski definition) is 4. The first-order valence-electron chi connectivity index (χ1n) is 6.49. The SMILES string of the molecule is CNC(=O)c1cc(-c2cnn(CC(F)(F)CO)c2)ccc1N. The van der Waals surface area contributed by atoms with Crippen LogP contribution >= 0.6 is 0 Å². The molecule has 1 aromatic heterocycles. The molecule has 0 radical (unpaired) electrons. The summed E-state index contributed by atoms with van der Waals surface area (Å²) in [5.41, 5.74) is 7.56. The molecule has 0 spiro atoms. The molecule has 4 N–H and O–H groups in total. The number of aromatic nitrogens is 2. The summed E-state index contributed by atoms with van der Waals surface area (Å²) >= 11 is 0. The number of nitrogens with zero attached hydrogens (tertiary/aromatic N) is 2. The first-order valence-corrected chi connectivity index (χ1v) is 6.49. The third-order valence-corrected chi connectivity index (χ3v) is 3.12. The van der Waals surface area contributed by atoms with Crippen LogP contribution in [0.25, 0.3) is 11.1 Å². The van der Waals surface area contributed by atoms with Gasteiger partial charge in [-0.1, -0.05) is 6.07 Å². The summed E-state index contributed by atoms with van der Waals surface area (Å²) in [6.07, 6.45) is 2.83. The summed E-state index contributed by atoms with van der Waals surface area (Å²) in [6.45, 7) is -1.97. The van der Waals surface area contributed by atoms with Crippen LogP contribution < -0.4 is 11.1 Å². The van der Waals surface area contributed by atoms with Crippen molar-refractivity contribution >= 4 is 11.6 Å². The van der Waals surface area contributed by atoms with Crippen molar-refractivity contribution in [1.29, 1.82) is 0 Å². The monoisotopic (exact) mass is 310 g/mol. The molecule has 1 aromatic carbocycles. The van der Waals surface area contributed by atoms with E-state index in [1.165, 1.54) is 19.4 Å². The van der Waals surface area contributed by atoms with E-state index < -0.39 is 19.1 Å². The van der Waals surface area contributed by atoms with E-state index in [4.69, 9.17) is 10.8 Å². The lowest BCUT2D eigenvalue weighted by Gasteiger charge is -2.12. The third-order valence-electron chi connectivity index (χ3n) is 3.12. The van der Waals surface area contributed by atoms with Crippen LogP contribution in [0.3, 0.4) is 0 Å². The van der Waals surface area contributed by atoms with Gasteiger partial charge in [-0.3, -0.25) is 9.48 Å². The highest BCUT2D eigenvalue weighted by Gasteiger charge is 2.28. The van der Waals surface area contributed by atoms with Crippen LogP contribution in [-0.4, -0.2) is 40.4 Å². The van der Waals surface area contributed by atoms with Gasteiger partial charge in [0.15, 0.2) is 0 Å². The summed E-state index contributed by atoms with van der Waals surface area (Å²) in [7, 11) is 1.49. The Labute approximate surface area is 125 Å². The van der Waals surface area contributed by atoms with Crippen LogP contribution in [0.4, 0.5) is 14.5 Å². The Morgan fingerprint density at radius 3 is 2.82 bits per heavy atom. The Morgan fingerprint density at radius 2 is 2.18 bits per heavy atom. The van der Waals surface area contributed by atoms with Gasteiger partial charge in [0.25, 0.3) is 11.8 Å². The number of aliphatic hydroxyl groups excluding tert-OH is 1. The lowest BCUT2D eigenvalue weighted by Crippen LogP contribution is -2.28. The number of halogens is 2. The fourth-order valence-corrected chi connectivity index (χ4v) is 1.95. The number of carbonyl (C=O) groups excluding carboxylic acids is 1. The zero-order valence-corrected chi connectivity index (χ0v) is 11.9. The number of rotatable bonds is 5. The van der Waals surface area contributed by atoms with Crippen LogP contribution in [0.2, 0.25) is 0 Å². The zero-order chi connectivity index (χ0) is 16.3. The lowest BCUT2D eigenvalue weighted by molar-refractivity contribution is -0.0652. The molecule has 0 saturated heterocycles. The first kappa shape index (κ1) is 15.9. The zero-order valence-electron chi connectivity index (χ0n) is 11.9. The van der Waals surface area contributed by atoms with Gasteiger partial charge in [0.05, 0.1) is 11.8 Å². The van der Waals surface area contributed by atoms with Gasteiger partial charge in [0.2, 0.25) is 0 Å². The minimum absolute atomic E-state index is 0.299. The number of nitrogens with one attached hydrogen (secondary N) is 1. The minimum Gasteiger partial charge on any atom is -0.398 e. The van der Waals surface area contributed by atoms with Crippen molar-refractivity contribution in [2.75, 3.05) is 19.4 Å². The number of anilines is 1. The molecule has 0 aliphatic carbocycles. The van der Waals surface area contributed by atoms with Crippen molar-refractivity contribution < 1.29 is 18.7 Å². The number of aliphatic hydroxyl groups is 1. The van der Waals surface area contributed by atoms with Crippen LogP contribution in [0.15, 0.2) is 30.6 Å². The number of benzene rings is 1. The maximum absolute atomic E-state index is 13.1. The number of nitrogen functional groups attached to an aromatic ring is 1. The molecule has 8 heteroatoms. The van der Waals surface area contributed by atoms with Crippen molar-refractivity contribution in [3.05, 3.63) is 36.2 Å². The Balaban J connectivity index is 2.30. The second kappa shape index (κ2) is 6.10. The summed E-state index contributed by atoms with van der Waals surface area (Å²) in [4.78, 5) is 11.7. The summed E-state index contributed by atoms with van der Waals surface area (Å²) < 4.78 is 27.3. The van der Waals surface area contributed by atoms with Gasteiger partial charge >= 0.3 is 0 Å². The lowest BCUT2D eigenvalue weighted by atomic mass is 10.0. The summed E-state index contributed by atoms with van der Waals surface area (Å²) in [5.74, 6) is -3.57. The van der Waals surface area contributed by atoms with Gasteiger partial charge in [-0.15, -0.1) is 0 Å². The van der Waals surface area contributed by atoms with Crippen molar-refractivity contribution in [2.45, 2.75) is 12.5 Å². The largest absolute Gasteiger partial charge is 0.398 e. The normalized spacial score (nSPS) is 11.5. The van der Waals surface area contributed by atoms with Crippen LogP contribution in [0.5, 0.6) is 0 Å². The standard InChI is InChI=1S/C14H16F2N4O2/c1-18-13(22)11-4-9(2-3-12(11)17)10-5-19-20(6-10)7-14(15,16)8-21/h2-6,21H,7-8,17H2,1H3,(H,18,22). The van der Waals surface area contributed by atoms with Gasteiger partial charge in [-0.2, -0.15) is 5.10 Å². The van der Waals surface area contributed by atoms with Crippen molar-refractivity contribution in [3.63, 3.8) is 0 Å². The maximum Gasteiger partial charge on any atom is 0.289 e. The Kier molecular flexibility index (Phi) is 4.41. The quantitative estimate of drug-likeness (QED) is 0.722. The molecule has 22 heavy (non-hydrogen) atoms. The number of amides is 1. The predicted octanol–water partition coefficient (Wildman–Crippen LogP) is 1.12. The van der Waals surface area contributed by atoms with Gasteiger partial charge in [-0.05, 0) is 17.7 Å². The molecule has 2 rings (SSSR count). The van der Waals surface area contributed by atoms with E-state index in [2.05, 4.69) is 10.4 Å². The second-order valence-electron chi connectivity index (χ2n) is 4.82. The molecule has 0 aliphatic heterocycles. The van der Waals surface area contributed by atoms with Gasteiger partial charge in [-0.25, -0.2) is 8.78 Å². The molecule has 0 fully saturated rings. The van der Waals surface area contributed by atoms with E-state index in [9.17, 15) is 13.6 Å². The van der Waals surface area contributed by atoms with Gasteiger partial charge in [0, 0.05) is 24.5 Å². The Hall–Kier alpha value is -2.48. The number of hydrogen-bond donors (Lipinski definition) is 3. The average Bonchev–Trinajstić information content (AvgIpc) is 2.94. The molecular weight excluding hydrogens is 294 g/mol. The fraction of sp³-hybridized carbons (Fsp3) is 0.286. The smallest absolute Gasteiger partial charge is 0.289 e. The number of carbonyl (C=O) groups is 1. The molecule has 1 amide bonds. The van der Waals surface area contributed by atoms with E-state index in [-0.39, 0.29) is 5.91 Å². The molecule has 0 aliphatic rings. The highest BCUT2D eigenvalue weighted by atomic mass is 19.3. The minimum atomic E-state index is -3.24. The highest BCUT2D eigenvalue weighted by Crippen LogP contribution is 2.24. The van der Waals surface area contributed by atoms with E-state index in [0.29, 0.717) is 22.4 Å². The maximum atomic E-state index is 13.1. The average molecular weight is 310 g/mol. The molecule has 1 heterocycles. The molecular formula is C14H16F2N4O2. The third kappa shape index (κ3) is 3.40. The van der Waals surface area contributed by atoms with E-state index in [1.807, 2.05) is 0 Å². The fourth-order valence-electron chi connectivity index (χ4n) is 1.95. The van der Waals surface area contributed by atoms with Crippen molar-refractivity contribution in [1.82, 2.24) is 15.1 Å². The number of alkyl halides is 2. The molecule has 6 nitrogen and oxygen atoms in total. The van der Waals surface area contributed by atoms with Crippen molar-refractivity contribution in [2.24, 2.45) is 0 Å². The Bertz CT molecular complexity index is 685. The summed E-state index contributed by atoms with van der Waals surface area (Å²) in [5, 5.41) is 14.9. The molecule has 0 bridgehead atoms. The highest BCUT2D eigenvalue weighted by molar-refractivity contribution is 6.00. The first-order chi connectivity index (χ1) is 10.4. The molecule has 0 saturated carbocycles. The van der Waals surface area contributed by atoms with Crippen LogP contribution in [-0.2, 0) is 6.54 Å². The summed E-state index contributed by atoms with van der Waals surface area (Å²) in [6, 6.07) is 4.81. The van der Waals surface area contributed by atoms with Crippen LogP contribution in [0.1, 0.15) is 10.4 Å². The number of nitrogens with two attached hydrogens (primary N) is 1. The molecule has 2 aromatic rings. The van der Waals surface area contributed by atoms with E-state index in [1.54, 1.807) is 18.2 Å². The van der Waals surface area contributed by atoms with Crippen LogP contribution in [0, 0.1) is 0 Å². The predicted molar refractivity (Wildman–Crippen MR) is 77.5 cm³/mol. The van der Waals surface area contributed by atoms with Gasteiger partial charge < -0.3 is 16.2 Å². The Morgan fingerprint density at radius 1 is 1.45 bits per heavy atom. The topological polar surface area (TPSA) is 93.2 Å². The van der Waals surface area contributed by atoms with E-state index in [0.717, 1.165) is 4.68 Å².